The summed E-state index contributed by atoms with van der Waals surface area (Å²) in [7, 11) is 0. The van der Waals surface area contributed by atoms with Crippen LogP contribution in [-0.4, -0.2) is 29.9 Å². The van der Waals surface area contributed by atoms with E-state index in [2.05, 4.69) is 0 Å². The molecule has 0 saturated carbocycles. The molecular weight excluding hydrogens is 308 g/mol. The zero-order chi connectivity index (χ0) is 17.7. The second-order valence-electron chi connectivity index (χ2n) is 5.27. The average molecular weight is 324 g/mol. The maximum Gasteiger partial charge on any atom is 0.338 e. The van der Waals surface area contributed by atoms with Gasteiger partial charge in [0, 0.05) is 16.7 Å². The molecule has 2 aromatic carbocycles. The second kappa shape index (κ2) is 7.46. The number of rotatable bonds is 6. The first kappa shape index (κ1) is 17.3. The highest BCUT2D eigenvalue weighted by Gasteiger charge is 2.12. The van der Waals surface area contributed by atoms with E-state index < -0.39 is 12.6 Å². The largest absolute Gasteiger partial charge is 0.454 e. The highest BCUT2D eigenvalue weighted by atomic mass is 16.5. The molecule has 0 aromatic heterocycles. The molecule has 0 aliphatic heterocycles. The van der Waals surface area contributed by atoms with Gasteiger partial charge in [0.15, 0.2) is 24.0 Å². The van der Waals surface area contributed by atoms with Gasteiger partial charge < -0.3 is 4.74 Å². The number of benzene rings is 2. The summed E-state index contributed by atoms with van der Waals surface area (Å²) in [6.45, 7) is 2.48. The predicted molar refractivity (Wildman–Crippen MR) is 87.5 cm³/mol. The molecule has 24 heavy (non-hydrogen) atoms. The Labute approximate surface area is 139 Å². The van der Waals surface area contributed by atoms with E-state index in [0.29, 0.717) is 16.7 Å². The van der Waals surface area contributed by atoms with E-state index in [1.165, 1.54) is 50.2 Å². The molecule has 0 amide bonds. The third-order valence-electron chi connectivity index (χ3n) is 3.47. The Morgan fingerprint density at radius 3 is 1.46 bits per heavy atom. The average Bonchev–Trinajstić information content (AvgIpc) is 2.59. The lowest BCUT2D eigenvalue weighted by molar-refractivity contribution is 0.0474. The van der Waals surface area contributed by atoms with Crippen molar-refractivity contribution < 1.29 is 23.9 Å². The Balaban J connectivity index is 1.96. The van der Waals surface area contributed by atoms with Gasteiger partial charge in [-0.25, -0.2) is 4.79 Å². The summed E-state index contributed by atoms with van der Waals surface area (Å²) in [6, 6.07) is 12.2. The van der Waals surface area contributed by atoms with E-state index in [4.69, 9.17) is 4.74 Å². The standard InChI is InChI=1S/C19H16O5/c1-12(20)14-3-7-16(8-4-14)18(22)11-24-19(23)17-9-5-15(6-10-17)13(2)21/h3-10H,11H2,1-2H3. The smallest absolute Gasteiger partial charge is 0.338 e. The molecule has 2 aromatic rings. The van der Waals surface area contributed by atoms with Gasteiger partial charge in [-0.1, -0.05) is 36.4 Å². The van der Waals surface area contributed by atoms with Crippen molar-refractivity contribution >= 4 is 23.3 Å². The summed E-state index contributed by atoms with van der Waals surface area (Å²) in [5.41, 5.74) is 1.63. The quantitative estimate of drug-likeness (QED) is 0.602. The Morgan fingerprint density at radius 2 is 1.04 bits per heavy atom. The molecule has 2 rings (SSSR count). The van der Waals surface area contributed by atoms with Gasteiger partial charge in [0.2, 0.25) is 0 Å². The first-order chi connectivity index (χ1) is 11.4. The summed E-state index contributed by atoms with van der Waals surface area (Å²) in [5.74, 6) is -1.19. The molecule has 0 radical (unpaired) electrons. The third kappa shape index (κ3) is 4.23. The Bertz CT molecular complexity index is 716. The van der Waals surface area contributed by atoms with Gasteiger partial charge in [0.1, 0.15) is 0 Å². The molecule has 0 unspecified atom stereocenters. The van der Waals surface area contributed by atoms with Gasteiger partial charge in [0.05, 0.1) is 5.56 Å². The maximum absolute atomic E-state index is 12.0. The summed E-state index contributed by atoms with van der Waals surface area (Å²) < 4.78 is 4.98. The van der Waals surface area contributed by atoms with Gasteiger partial charge in [-0.15, -0.1) is 0 Å². The summed E-state index contributed by atoms with van der Waals surface area (Å²) in [4.78, 5) is 46.3. The molecule has 0 aliphatic carbocycles. The van der Waals surface area contributed by atoms with E-state index >= 15 is 0 Å². The molecule has 0 aliphatic rings. The van der Waals surface area contributed by atoms with Crippen molar-refractivity contribution in [3.05, 3.63) is 70.8 Å². The van der Waals surface area contributed by atoms with E-state index in [0.717, 1.165) is 0 Å². The van der Waals surface area contributed by atoms with Crippen LogP contribution >= 0.6 is 0 Å². The number of carbonyl (C=O) groups is 4. The number of hydrogen-bond acceptors (Lipinski definition) is 5. The minimum atomic E-state index is -0.640. The second-order valence-corrected chi connectivity index (χ2v) is 5.27. The van der Waals surface area contributed by atoms with E-state index in [-0.39, 0.29) is 22.9 Å². The van der Waals surface area contributed by atoms with E-state index in [1.54, 1.807) is 12.1 Å². The van der Waals surface area contributed by atoms with Crippen LogP contribution in [0.3, 0.4) is 0 Å². The fourth-order valence-electron chi connectivity index (χ4n) is 2.03. The number of ether oxygens (including phenoxy) is 1. The Kier molecular flexibility index (Phi) is 5.37. The zero-order valence-electron chi connectivity index (χ0n) is 13.4. The van der Waals surface area contributed by atoms with Crippen molar-refractivity contribution in [3.63, 3.8) is 0 Å². The predicted octanol–water partition coefficient (Wildman–Crippen LogP) is 3.13. The SMILES string of the molecule is CC(=O)c1ccc(C(=O)COC(=O)c2ccc(C(C)=O)cc2)cc1. The number of hydrogen-bond donors (Lipinski definition) is 0. The minimum absolute atomic E-state index is 0.0885. The van der Waals surface area contributed by atoms with Gasteiger partial charge in [-0.2, -0.15) is 0 Å². The van der Waals surface area contributed by atoms with E-state index in [9.17, 15) is 19.2 Å². The number of ketones is 3. The van der Waals surface area contributed by atoms with Crippen molar-refractivity contribution in [2.24, 2.45) is 0 Å². The Hall–Kier alpha value is -3.08. The highest BCUT2D eigenvalue weighted by molar-refractivity contribution is 6.01. The molecule has 0 atom stereocenters. The normalized spacial score (nSPS) is 10.1. The van der Waals surface area contributed by atoms with Crippen LogP contribution in [0, 0.1) is 0 Å². The highest BCUT2D eigenvalue weighted by Crippen LogP contribution is 2.09. The van der Waals surface area contributed by atoms with Crippen LogP contribution in [0.2, 0.25) is 0 Å². The van der Waals surface area contributed by atoms with Gasteiger partial charge in [-0.3, -0.25) is 14.4 Å². The molecule has 122 valence electrons. The maximum atomic E-state index is 12.0. The van der Waals surface area contributed by atoms with Crippen LogP contribution in [0.4, 0.5) is 0 Å². The fourth-order valence-corrected chi connectivity index (χ4v) is 2.03. The van der Waals surface area contributed by atoms with Crippen molar-refractivity contribution in [1.82, 2.24) is 0 Å². The fraction of sp³-hybridized carbons (Fsp3) is 0.158. The third-order valence-corrected chi connectivity index (χ3v) is 3.47. The lowest BCUT2D eigenvalue weighted by atomic mass is 10.1. The molecule has 0 N–H and O–H groups in total. The van der Waals surface area contributed by atoms with E-state index in [1.807, 2.05) is 0 Å². The first-order valence-corrected chi connectivity index (χ1v) is 7.31. The lowest BCUT2D eigenvalue weighted by Crippen LogP contribution is -2.14. The topological polar surface area (TPSA) is 77.5 Å². The van der Waals surface area contributed by atoms with Crippen LogP contribution < -0.4 is 0 Å². The minimum Gasteiger partial charge on any atom is -0.454 e. The van der Waals surface area contributed by atoms with Gasteiger partial charge >= 0.3 is 5.97 Å². The molecule has 0 spiro atoms. The molecule has 0 heterocycles. The van der Waals surface area contributed by atoms with Crippen LogP contribution in [0.5, 0.6) is 0 Å². The summed E-state index contributed by atoms with van der Waals surface area (Å²) in [5, 5.41) is 0. The molecule has 0 fully saturated rings. The first-order valence-electron chi connectivity index (χ1n) is 7.31. The van der Waals surface area contributed by atoms with Crippen molar-refractivity contribution in [2.75, 3.05) is 6.61 Å². The lowest BCUT2D eigenvalue weighted by Gasteiger charge is -2.05. The monoisotopic (exact) mass is 324 g/mol. The number of Topliss-reactive ketones (excluding diaryl/α,β-unsaturated/α-hetero) is 3. The molecule has 0 saturated heterocycles. The number of esters is 1. The van der Waals surface area contributed by atoms with Crippen LogP contribution in [0.1, 0.15) is 55.3 Å². The van der Waals surface area contributed by atoms with Crippen LogP contribution in [-0.2, 0) is 4.74 Å². The number of carbonyl (C=O) groups excluding carboxylic acids is 4. The molecular formula is C19H16O5. The van der Waals surface area contributed by atoms with Crippen LogP contribution in [0.15, 0.2) is 48.5 Å². The molecule has 5 nitrogen and oxygen atoms in total. The van der Waals surface area contributed by atoms with Crippen molar-refractivity contribution in [3.8, 4) is 0 Å². The molecule has 5 heteroatoms. The Morgan fingerprint density at radius 1 is 0.667 bits per heavy atom. The summed E-state index contributed by atoms with van der Waals surface area (Å²) >= 11 is 0. The van der Waals surface area contributed by atoms with Gasteiger partial charge in [0.25, 0.3) is 0 Å². The van der Waals surface area contributed by atoms with Crippen molar-refractivity contribution in [1.29, 1.82) is 0 Å². The zero-order valence-corrected chi connectivity index (χ0v) is 13.4. The van der Waals surface area contributed by atoms with Gasteiger partial charge in [-0.05, 0) is 26.0 Å². The molecule has 0 bridgehead atoms. The van der Waals surface area contributed by atoms with Crippen LogP contribution in [0.25, 0.3) is 0 Å². The summed E-state index contributed by atoms with van der Waals surface area (Å²) in [6.07, 6.45) is 0. The van der Waals surface area contributed by atoms with Crippen molar-refractivity contribution in [2.45, 2.75) is 13.8 Å².